The van der Waals surface area contributed by atoms with E-state index in [-0.39, 0.29) is 0 Å². The second kappa shape index (κ2) is 1.87. The Bertz CT molecular complexity index is 248. The van der Waals surface area contributed by atoms with Gasteiger partial charge < -0.3 is 0 Å². The van der Waals surface area contributed by atoms with Crippen molar-refractivity contribution < 1.29 is 0 Å². The molecule has 2 rings (SSSR count). The number of aromatic amines is 1. The standard InChI is InChI=1S/C3H2N7/c1-4-3(8-5-1)10-7-2-6-9-10/h1H,(H,4,5,8). The minimum Gasteiger partial charge on any atom is -0.264 e. The van der Waals surface area contributed by atoms with Gasteiger partial charge in [-0.25, -0.2) is 0 Å². The number of hydrogen-bond acceptors (Lipinski definition) is 5. The van der Waals surface area contributed by atoms with Crippen LogP contribution in [0.4, 0.5) is 0 Å². The van der Waals surface area contributed by atoms with Gasteiger partial charge in [0.15, 0.2) is 0 Å². The molecule has 2 aromatic rings. The molecule has 0 saturated carbocycles. The molecular weight excluding hydrogens is 134 g/mol. The molecule has 1 radical (unpaired) electrons. The molecule has 0 aliphatic carbocycles. The van der Waals surface area contributed by atoms with Gasteiger partial charge in [-0.2, -0.15) is 4.98 Å². The highest BCUT2D eigenvalue weighted by Crippen LogP contribution is 1.86. The highest BCUT2D eigenvalue weighted by atomic mass is 15.6. The van der Waals surface area contributed by atoms with Crippen LogP contribution in [0.1, 0.15) is 0 Å². The highest BCUT2D eigenvalue weighted by Gasteiger charge is 1.99. The maximum absolute atomic E-state index is 3.77. The van der Waals surface area contributed by atoms with Crippen LogP contribution in [0.3, 0.4) is 0 Å². The summed E-state index contributed by atoms with van der Waals surface area (Å²) in [6.07, 6.45) is 3.71. The van der Waals surface area contributed by atoms with Gasteiger partial charge in [0.2, 0.25) is 6.33 Å². The van der Waals surface area contributed by atoms with Gasteiger partial charge in [0.05, 0.1) is 0 Å². The normalized spacial score (nSPS) is 10.0. The second-order valence-corrected chi connectivity index (χ2v) is 1.48. The van der Waals surface area contributed by atoms with Crippen LogP contribution in [0.5, 0.6) is 0 Å². The largest absolute Gasteiger partial charge is 0.288 e. The summed E-state index contributed by atoms with van der Waals surface area (Å²) in [5.74, 6) is 0.355. The van der Waals surface area contributed by atoms with E-state index in [1.807, 2.05) is 0 Å². The van der Waals surface area contributed by atoms with Crippen molar-refractivity contribution in [1.29, 1.82) is 0 Å². The van der Waals surface area contributed by atoms with E-state index in [4.69, 9.17) is 0 Å². The minimum atomic E-state index is 0.355. The van der Waals surface area contributed by atoms with Gasteiger partial charge in [0.25, 0.3) is 5.95 Å². The lowest BCUT2D eigenvalue weighted by molar-refractivity contribution is 0.681. The van der Waals surface area contributed by atoms with Crippen molar-refractivity contribution in [1.82, 2.24) is 35.4 Å². The number of H-pyrrole nitrogens is 1. The Kier molecular flexibility index (Phi) is 0.938. The Balaban J connectivity index is 2.48. The van der Waals surface area contributed by atoms with E-state index < -0.39 is 0 Å². The fourth-order valence-corrected chi connectivity index (χ4v) is 0.528. The fraction of sp³-hybridized carbons (Fsp3) is 0. The average molecular weight is 136 g/mol. The van der Waals surface area contributed by atoms with E-state index in [2.05, 4.69) is 36.9 Å². The third-order valence-corrected chi connectivity index (χ3v) is 0.895. The molecular formula is C3H2N7. The van der Waals surface area contributed by atoms with E-state index in [0.717, 1.165) is 4.80 Å². The van der Waals surface area contributed by atoms with Crippen LogP contribution in [0.25, 0.3) is 5.95 Å². The van der Waals surface area contributed by atoms with Crippen molar-refractivity contribution in [2.45, 2.75) is 0 Å². The maximum Gasteiger partial charge on any atom is 0.288 e. The van der Waals surface area contributed by atoms with E-state index in [0.29, 0.717) is 5.95 Å². The Labute approximate surface area is 55.1 Å². The van der Waals surface area contributed by atoms with E-state index in [1.165, 1.54) is 6.33 Å². The summed E-state index contributed by atoms with van der Waals surface area (Å²) in [7, 11) is 0. The molecule has 7 heteroatoms. The molecule has 1 N–H and O–H groups in total. The lowest BCUT2D eigenvalue weighted by Gasteiger charge is -1.83. The smallest absolute Gasteiger partial charge is 0.264 e. The van der Waals surface area contributed by atoms with E-state index in [9.17, 15) is 0 Å². The second-order valence-electron chi connectivity index (χ2n) is 1.48. The van der Waals surface area contributed by atoms with E-state index in [1.54, 1.807) is 0 Å². The molecule has 0 fully saturated rings. The summed E-state index contributed by atoms with van der Waals surface area (Å²) in [5, 5.41) is 16.7. The quantitative estimate of drug-likeness (QED) is 0.520. The highest BCUT2D eigenvalue weighted by molar-refractivity contribution is 4.97. The molecule has 2 aromatic heterocycles. The third kappa shape index (κ3) is 0.642. The van der Waals surface area contributed by atoms with Crippen molar-refractivity contribution in [3.63, 3.8) is 0 Å². The first-order chi connectivity index (χ1) is 4.97. The first-order valence-corrected chi connectivity index (χ1v) is 2.49. The molecule has 0 unspecified atom stereocenters. The zero-order valence-electron chi connectivity index (χ0n) is 4.76. The van der Waals surface area contributed by atoms with Gasteiger partial charge >= 0.3 is 0 Å². The molecule has 0 spiro atoms. The molecule has 0 bridgehead atoms. The monoisotopic (exact) mass is 136 g/mol. The number of rotatable bonds is 1. The molecule has 0 aliphatic heterocycles. The number of nitrogens with zero attached hydrogens (tertiary/aromatic N) is 6. The van der Waals surface area contributed by atoms with Crippen molar-refractivity contribution in [3.05, 3.63) is 12.7 Å². The van der Waals surface area contributed by atoms with Crippen LogP contribution >= 0.6 is 0 Å². The van der Waals surface area contributed by atoms with Crippen LogP contribution in [0.15, 0.2) is 6.33 Å². The number of tetrazole rings is 1. The van der Waals surface area contributed by atoms with Crippen molar-refractivity contribution in [2.75, 3.05) is 0 Å². The van der Waals surface area contributed by atoms with Gasteiger partial charge in [-0.15, -0.1) is 15.3 Å². The molecule has 0 aliphatic rings. The number of hydrogen-bond donors (Lipinski definition) is 1. The lowest BCUT2D eigenvalue weighted by atomic mass is 11.1. The zero-order valence-corrected chi connectivity index (χ0v) is 4.76. The summed E-state index contributed by atoms with van der Waals surface area (Å²) >= 11 is 0. The molecule has 7 nitrogen and oxygen atoms in total. The maximum atomic E-state index is 3.77. The van der Waals surface area contributed by atoms with Crippen LogP contribution in [-0.4, -0.2) is 35.4 Å². The van der Waals surface area contributed by atoms with Gasteiger partial charge in [0.1, 0.15) is 6.33 Å². The molecule has 10 heavy (non-hydrogen) atoms. The van der Waals surface area contributed by atoms with Gasteiger partial charge in [-0.3, -0.25) is 5.10 Å². The Hall–Kier alpha value is -1.79. The van der Waals surface area contributed by atoms with Gasteiger partial charge in [-0.1, -0.05) is 4.80 Å². The molecule has 2 heterocycles. The summed E-state index contributed by atoms with van der Waals surface area (Å²) in [6.45, 7) is 0. The first-order valence-electron chi connectivity index (χ1n) is 2.49. The van der Waals surface area contributed by atoms with Crippen LogP contribution in [0, 0.1) is 6.33 Å². The first kappa shape index (κ1) is 5.03. The van der Waals surface area contributed by atoms with Crippen molar-refractivity contribution in [2.24, 2.45) is 0 Å². The fourth-order valence-electron chi connectivity index (χ4n) is 0.528. The Morgan fingerprint density at radius 1 is 1.60 bits per heavy atom. The minimum absolute atomic E-state index is 0.355. The molecule has 0 aromatic carbocycles. The zero-order chi connectivity index (χ0) is 6.81. The predicted molar refractivity (Wildman–Crippen MR) is 27.9 cm³/mol. The van der Waals surface area contributed by atoms with Crippen LogP contribution in [-0.2, 0) is 0 Å². The Morgan fingerprint density at radius 3 is 3.20 bits per heavy atom. The summed E-state index contributed by atoms with van der Waals surface area (Å²) in [5.41, 5.74) is 0. The van der Waals surface area contributed by atoms with Crippen LogP contribution in [0.2, 0.25) is 0 Å². The molecule has 0 saturated heterocycles. The number of nitrogens with one attached hydrogen (secondary N) is 1. The third-order valence-electron chi connectivity index (χ3n) is 0.895. The summed E-state index contributed by atoms with van der Waals surface area (Å²) < 4.78 is 0. The van der Waals surface area contributed by atoms with Gasteiger partial charge in [-0.05, 0) is 5.21 Å². The summed E-state index contributed by atoms with van der Waals surface area (Å²) in [4.78, 5) is 4.93. The van der Waals surface area contributed by atoms with Crippen molar-refractivity contribution >= 4 is 0 Å². The van der Waals surface area contributed by atoms with Crippen molar-refractivity contribution in [3.8, 4) is 5.95 Å². The van der Waals surface area contributed by atoms with E-state index >= 15 is 0 Å². The summed E-state index contributed by atoms with van der Waals surface area (Å²) in [6, 6.07) is 0. The lowest BCUT2D eigenvalue weighted by Crippen LogP contribution is -2.00. The average Bonchev–Trinajstić information content (AvgIpc) is 2.59. The topological polar surface area (TPSA) is 85.2 Å². The van der Waals surface area contributed by atoms with Crippen LogP contribution < -0.4 is 0 Å². The Morgan fingerprint density at radius 2 is 2.60 bits per heavy atom. The predicted octanol–water partition coefficient (Wildman–Crippen LogP) is -1.42. The molecule has 0 atom stereocenters. The molecule has 49 valence electrons. The SMILES string of the molecule is [c]1nnn(-c2nc[nH]n2)n1. The molecule has 0 amide bonds. The number of aromatic nitrogens is 7. The van der Waals surface area contributed by atoms with Gasteiger partial charge in [0, 0.05) is 0 Å².